The Morgan fingerprint density at radius 1 is 1.00 bits per heavy atom. The molecule has 23 heavy (non-hydrogen) atoms. The van der Waals surface area contributed by atoms with E-state index >= 15 is 0 Å². The smallest absolute Gasteiger partial charge is 0.226 e. The highest BCUT2D eigenvalue weighted by Gasteiger charge is 2.16. The van der Waals surface area contributed by atoms with Gasteiger partial charge in [-0.3, -0.25) is 4.90 Å². The fourth-order valence-electron chi connectivity index (χ4n) is 2.46. The molecule has 0 radical (unpaired) electrons. The van der Waals surface area contributed by atoms with E-state index < -0.39 is 0 Å². The van der Waals surface area contributed by atoms with Crippen molar-refractivity contribution < 1.29 is 9.05 Å². The van der Waals surface area contributed by atoms with Crippen LogP contribution in [0.5, 0.6) is 0 Å². The Labute approximate surface area is 135 Å². The first-order valence-electron chi connectivity index (χ1n) is 7.53. The van der Waals surface area contributed by atoms with Crippen LogP contribution < -0.4 is 0 Å². The predicted octanol–water partition coefficient (Wildman–Crippen LogP) is 3.28. The first-order valence-corrected chi connectivity index (χ1v) is 7.53. The summed E-state index contributed by atoms with van der Waals surface area (Å²) in [6.07, 6.45) is 0. The molecule has 6 nitrogen and oxygen atoms in total. The molecule has 0 spiro atoms. The summed E-state index contributed by atoms with van der Waals surface area (Å²) in [5.74, 6) is 1.51. The number of aromatic nitrogens is 3. The minimum atomic E-state index is 0.654. The first-order chi connectivity index (χ1) is 11.0. The molecule has 120 valence electrons. The molecule has 0 N–H and O–H groups in total. The Bertz CT molecular complexity index is 807. The van der Waals surface area contributed by atoms with Gasteiger partial charge < -0.3 is 4.42 Å². The van der Waals surface area contributed by atoms with Crippen LogP contribution in [0, 0.1) is 20.8 Å². The van der Waals surface area contributed by atoms with E-state index in [-0.39, 0.29) is 0 Å². The highest BCUT2D eigenvalue weighted by atomic mass is 16.6. The van der Waals surface area contributed by atoms with Crippen molar-refractivity contribution in [3.63, 3.8) is 0 Å². The molecule has 0 aliphatic rings. The van der Waals surface area contributed by atoms with Gasteiger partial charge in [0.25, 0.3) is 0 Å². The Balaban J connectivity index is 1.76. The lowest BCUT2D eigenvalue weighted by Gasteiger charge is -2.13. The third-order valence-corrected chi connectivity index (χ3v) is 3.85. The number of rotatable bonds is 5. The third kappa shape index (κ3) is 3.32. The average molecular weight is 312 g/mol. The van der Waals surface area contributed by atoms with Crippen molar-refractivity contribution in [3.05, 3.63) is 52.7 Å². The van der Waals surface area contributed by atoms with Crippen LogP contribution in [-0.4, -0.2) is 27.2 Å². The summed E-state index contributed by atoms with van der Waals surface area (Å²) >= 11 is 0. The van der Waals surface area contributed by atoms with Gasteiger partial charge in [0, 0.05) is 18.7 Å². The van der Waals surface area contributed by atoms with Crippen molar-refractivity contribution in [1.82, 2.24) is 20.2 Å². The van der Waals surface area contributed by atoms with E-state index in [1.807, 2.05) is 39.1 Å². The summed E-state index contributed by atoms with van der Waals surface area (Å²) < 4.78 is 10.6. The molecule has 6 heteroatoms. The van der Waals surface area contributed by atoms with Crippen LogP contribution in [0.2, 0.25) is 0 Å². The van der Waals surface area contributed by atoms with Crippen molar-refractivity contribution >= 4 is 0 Å². The quantitative estimate of drug-likeness (QED) is 0.720. The van der Waals surface area contributed by atoms with Gasteiger partial charge in [-0.25, -0.2) is 9.61 Å². The number of aryl methyl sites for hydroxylation is 3. The van der Waals surface area contributed by atoms with E-state index in [9.17, 15) is 0 Å². The SMILES string of the molecule is Cc1ccccc1-c1nc(CN(C)Cc2nonc2C)c(C)o1. The molecule has 0 aliphatic carbocycles. The van der Waals surface area contributed by atoms with Gasteiger partial charge in [0.1, 0.15) is 17.1 Å². The zero-order valence-corrected chi connectivity index (χ0v) is 13.8. The van der Waals surface area contributed by atoms with E-state index in [1.165, 1.54) is 0 Å². The maximum Gasteiger partial charge on any atom is 0.226 e. The van der Waals surface area contributed by atoms with Gasteiger partial charge in [0.05, 0.1) is 5.69 Å². The van der Waals surface area contributed by atoms with Crippen LogP contribution in [0.4, 0.5) is 0 Å². The highest BCUT2D eigenvalue weighted by Crippen LogP contribution is 2.25. The molecule has 2 heterocycles. The molecule has 0 atom stereocenters. The molecule has 3 rings (SSSR count). The van der Waals surface area contributed by atoms with Crippen molar-refractivity contribution in [2.75, 3.05) is 7.05 Å². The van der Waals surface area contributed by atoms with Crippen molar-refractivity contribution in [2.24, 2.45) is 0 Å². The number of nitrogens with zero attached hydrogens (tertiary/aromatic N) is 4. The van der Waals surface area contributed by atoms with Crippen LogP contribution >= 0.6 is 0 Å². The standard InChI is InChI=1S/C17H20N4O2/c1-11-7-5-6-8-14(11)17-18-16(13(3)22-17)10-21(4)9-15-12(2)19-23-20-15/h5-8H,9-10H2,1-4H3. The largest absolute Gasteiger partial charge is 0.441 e. The zero-order valence-electron chi connectivity index (χ0n) is 13.8. The van der Waals surface area contributed by atoms with Gasteiger partial charge in [0.15, 0.2) is 0 Å². The van der Waals surface area contributed by atoms with Crippen molar-refractivity contribution in [3.8, 4) is 11.5 Å². The molecule has 0 aliphatic heterocycles. The van der Waals surface area contributed by atoms with Gasteiger partial charge in [-0.1, -0.05) is 28.5 Å². The minimum Gasteiger partial charge on any atom is -0.441 e. The first kappa shape index (κ1) is 15.4. The van der Waals surface area contributed by atoms with Gasteiger partial charge in [-0.05, 0) is 39.4 Å². The second-order valence-corrected chi connectivity index (χ2v) is 5.81. The van der Waals surface area contributed by atoms with Crippen molar-refractivity contribution in [2.45, 2.75) is 33.9 Å². The molecule has 0 bridgehead atoms. The number of benzene rings is 1. The molecule has 0 amide bonds. The topological polar surface area (TPSA) is 68.2 Å². The van der Waals surface area contributed by atoms with Crippen LogP contribution in [0.1, 0.15) is 28.4 Å². The van der Waals surface area contributed by atoms with Crippen LogP contribution in [0.3, 0.4) is 0 Å². The Hall–Kier alpha value is -2.47. The van der Waals surface area contributed by atoms with E-state index in [0.29, 0.717) is 19.0 Å². The molecular formula is C17H20N4O2. The van der Waals surface area contributed by atoms with Crippen LogP contribution in [-0.2, 0) is 13.1 Å². The maximum atomic E-state index is 5.86. The summed E-state index contributed by atoms with van der Waals surface area (Å²) in [5, 5.41) is 7.71. The fourth-order valence-corrected chi connectivity index (χ4v) is 2.46. The molecule has 0 saturated heterocycles. The average Bonchev–Trinajstić information content (AvgIpc) is 3.07. The molecule has 0 saturated carbocycles. The normalized spacial score (nSPS) is 11.3. The molecule has 2 aromatic heterocycles. The van der Waals surface area contributed by atoms with E-state index in [1.54, 1.807) is 0 Å². The van der Waals surface area contributed by atoms with E-state index in [4.69, 9.17) is 9.05 Å². The molecular weight excluding hydrogens is 292 g/mol. The fraction of sp³-hybridized carbons (Fsp3) is 0.353. The highest BCUT2D eigenvalue weighted by molar-refractivity contribution is 5.58. The van der Waals surface area contributed by atoms with Crippen LogP contribution in [0.25, 0.3) is 11.5 Å². The van der Waals surface area contributed by atoms with Gasteiger partial charge in [-0.2, -0.15) is 0 Å². The van der Waals surface area contributed by atoms with E-state index in [0.717, 1.165) is 34.0 Å². The van der Waals surface area contributed by atoms with Gasteiger partial charge in [-0.15, -0.1) is 0 Å². The summed E-state index contributed by atoms with van der Waals surface area (Å²) in [6.45, 7) is 7.22. The summed E-state index contributed by atoms with van der Waals surface area (Å²) in [4.78, 5) is 6.77. The lowest BCUT2D eigenvalue weighted by atomic mass is 10.1. The van der Waals surface area contributed by atoms with Gasteiger partial charge in [0.2, 0.25) is 5.89 Å². The monoisotopic (exact) mass is 312 g/mol. The Morgan fingerprint density at radius 3 is 2.43 bits per heavy atom. The zero-order chi connectivity index (χ0) is 16.4. The lowest BCUT2D eigenvalue weighted by Crippen LogP contribution is -2.18. The Morgan fingerprint density at radius 2 is 1.74 bits per heavy atom. The molecule has 0 fully saturated rings. The maximum absolute atomic E-state index is 5.86. The lowest BCUT2D eigenvalue weighted by molar-refractivity contribution is 0.277. The second kappa shape index (κ2) is 6.34. The summed E-state index contributed by atoms with van der Waals surface area (Å²) in [6, 6.07) is 8.09. The van der Waals surface area contributed by atoms with E-state index in [2.05, 4.69) is 33.2 Å². The van der Waals surface area contributed by atoms with Crippen LogP contribution in [0.15, 0.2) is 33.3 Å². The minimum absolute atomic E-state index is 0.654. The van der Waals surface area contributed by atoms with Gasteiger partial charge >= 0.3 is 0 Å². The predicted molar refractivity (Wildman–Crippen MR) is 85.6 cm³/mol. The number of hydrogen-bond acceptors (Lipinski definition) is 6. The number of oxazole rings is 1. The molecule has 0 unspecified atom stereocenters. The third-order valence-electron chi connectivity index (χ3n) is 3.85. The second-order valence-electron chi connectivity index (χ2n) is 5.81. The Kier molecular flexibility index (Phi) is 4.25. The summed E-state index contributed by atoms with van der Waals surface area (Å²) in [5.41, 5.74) is 4.76. The molecule has 3 aromatic rings. The number of hydrogen-bond donors (Lipinski definition) is 0. The van der Waals surface area contributed by atoms with Crippen molar-refractivity contribution in [1.29, 1.82) is 0 Å². The summed E-state index contributed by atoms with van der Waals surface area (Å²) in [7, 11) is 2.01. The molecule has 1 aromatic carbocycles.